The molecule has 0 saturated carbocycles. The normalized spacial score (nSPS) is 16.7. The number of rotatable bonds is 7. The molecule has 0 aromatic carbocycles. The van der Waals surface area contributed by atoms with Crippen LogP contribution < -0.4 is 5.73 Å². The number of halogens is 1. The number of fused-ring (bicyclic) bond motifs is 1. The minimum absolute atomic E-state index is 0.0601. The SMILES string of the molecule is CC(=O)OCC1(COC(C)=O)OCC(CCn2cnc3c(Cl)nc(N)nc32)CO1. The van der Waals surface area contributed by atoms with Gasteiger partial charge in [0.05, 0.1) is 19.5 Å². The fourth-order valence-corrected chi connectivity index (χ4v) is 3.06. The van der Waals surface area contributed by atoms with Crippen LogP contribution in [0.5, 0.6) is 0 Å². The molecule has 2 aromatic heterocycles. The topological polar surface area (TPSA) is 141 Å². The van der Waals surface area contributed by atoms with Crippen LogP contribution in [0.15, 0.2) is 6.33 Å². The number of ether oxygens (including phenoxy) is 4. The molecule has 0 bridgehead atoms. The lowest BCUT2D eigenvalue weighted by Gasteiger charge is -2.38. The molecule has 0 spiro atoms. The summed E-state index contributed by atoms with van der Waals surface area (Å²) >= 11 is 6.04. The maximum atomic E-state index is 11.1. The van der Waals surface area contributed by atoms with Crippen LogP contribution >= 0.6 is 11.6 Å². The molecule has 0 aliphatic carbocycles. The Morgan fingerprint density at radius 2 is 1.86 bits per heavy atom. The van der Waals surface area contributed by atoms with Crippen molar-refractivity contribution in [3.05, 3.63) is 11.5 Å². The molecule has 0 atom stereocenters. The zero-order valence-electron chi connectivity index (χ0n) is 16.1. The van der Waals surface area contributed by atoms with Gasteiger partial charge in [-0.1, -0.05) is 11.6 Å². The summed E-state index contributed by atoms with van der Waals surface area (Å²) in [5.41, 5.74) is 6.70. The van der Waals surface area contributed by atoms with Crippen LogP contribution in [0.1, 0.15) is 20.3 Å². The second kappa shape index (κ2) is 8.89. The number of hydrogen-bond donors (Lipinski definition) is 1. The average molecular weight is 428 g/mol. The first-order valence-electron chi connectivity index (χ1n) is 8.96. The first-order chi connectivity index (χ1) is 13.8. The number of hydrogen-bond acceptors (Lipinski definition) is 10. The lowest BCUT2D eigenvalue weighted by Crippen LogP contribution is -2.51. The van der Waals surface area contributed by atoms with Gasteiger partial charge in [-0.05, 0) is 6.42 Å². The summed E-state index contributed by atoms with van der Waals surface area (Å²) in [5.74, 6) is -2.12. The molecule has 0 radical (unpaired) electrons. The second-order valence-electron chi connectivity index (χ2n) is 6.73. The highest BCUT2D eigenvalue weighted by atomic mass is 35.5. The molecule has 1 aliphatic rings. The molecule has 1 fully saturated rings. The maximum Gasteiger partial charge on any atom is 0.302 e. The van der Waals surface area contributed by atoms with Crippen molar-refractivity contribution >= 4 is 40.7 Å². The Morgan fingerprint density at radius 1 is 1.24 bits per heavy atom. The van der Waals surface area contributed by atoms with E-state index in [4.69, 9.17) is 36.3 Å². The van der Waals surface area contributed by atoms with Gasteiger partial charge < -0.3 is 29.2 Å². The van der Waals surface area contributed by atoms with E-state index in [1.54, 1.807) is 6.33 Å². The Labute approximate surface area is 171 Å². The summed E-state index contributed by atoms with van der Waals surface area (Å²) in [5, 5.41) is 0.205. The van der Waals surface area contributed by atoms with Gasteiger partial charge in [0.15, 0.2) is 10.8 Å². The molecule has 2 aromatic rings. The van der Waals surface area contributed by atoms with Gasteiger partial charge >= 0.3 is 11.9 Å². The van der Waals surface area contributed by atoms with Gasteiger partial charge in [-0.25, -0.2) is 4.98 Å². The largest absolute Gasteiger partial charge is 0.460 e. The van der Waals surface area contributed by atoms with Gasteiger partial charge in [0.25, 0.3) is 0 Å². The van der Waals surface area contributed by atoms with E-state index in [9.17, 15) is 9.59 Å². The third-order valence-electron chi connectivity index (χ3n) is 4.37. The van der Waals surface area contributed by atoms with Crippen molar-refractivity contribution in [2.75, 3.05) is 32.2 Å². The Morgan fingerprint density at radius 3 is 2.45 bits per heavy atom. The van der Waals surface area contributed by atoms with Crippen molar-refractivity contribution in [3.8, 4) is 0 Å². The molecule has 0 amide bonds. The second-order valence-corrected chi connectivity index (χ2v) is 7.09. The molecular formula is C17H22ClN5O6. The quantitative estimate of drug-likeness (QED) is 0.501. The van der Waals surface area contributed by atoms with Crippen molar-refractivity contribution < 1.29 is 28.5 Å². The number of esters is 2. The first-order valence-corrected chi connectivity index (χ1v) is 9.34. The van der Waals surface area contributed by atoms with Crippen molar-refractivity contribution in [2.45, 2.75) is 32.6 Å². The monoisotopic (exact) mass is 427 g/mol. The molecule has 3 heterocycles. The highest BCUT2D eigenvalue weighted by Crippen LogP contribution is 2.26. The van der Waals surface area contributed by atoms with E-state index < -0.39 is 17.7 Å². The van der Waals surface area contributed by atoms with E-state index >= 15 is 0 Å². The number of imidazole rings is 1. The van der Waals surface area contributed by atoms with Crippen molar-refractivity contribution in [2.24, 2.45) is 5.92 Å². The Bertz CT molecular complexity index is 876. The predicted octanol–water partition coefficient (Wildman–Crippen LogP) is 0.937. The van der Waals surface area contributed by atoms with E-state index in [2.05, 4.69) is 15.0 Å². The molecule has 1 saturated heterocycles. The molecule has 1 aliphatic heterocycles. The van der Waals surface area contributed by atoms with Gasteiger partial charge in [0.2, 0.25) is 11.7 Å². The summed E-state index contributed by atoms with van der Waals surface area (Å²) in [6.07, 6.45) is 2.32. The van der Waals surface area contributed by atoms with Crippen LogP contribution in [-0.4, -0.2) is 63.7 Å². The first kappa shape index (κ1) is 21.2. The number of nitrogen functional groups attached to an aromatic ring is 1. The number of aryl methyl sites for hydroxylation is 1. The highest BCUT2D eigenvalue weighted by molar-refractivity contribution is 6.33. The number of aromatic nitrogens is 4. The number of nitrogens with zero attached hydrogens (tertiary/aromatic N) is 4. The van der Waals surface area contributed by atoms with Crippen LogP contribution in [0.3, 0.4) is 0 Å². The molecule has 11 nitrogen and oxygen atoms in total. The van der Waals surface area contributed by atoms with Crippen LogP contribution in [0.4, 0.5) is 5.95 Å². The van der Waals surface area contributed by atoms with E-state index in [1.807, 2.05) is 4.57 Å². The van der Waals surface area contributed by atoms with Gasteiger partial charge in [-0.2, -0.15) is 9.97 Å². The van der Waals surface area contributed by atoms with Crippen LogP contribution in [0.2, 0.25) is 5.15 Å². The number of anilines is 1. The van der Waals surface area contributed by atoms with Gasteiger partial charge in [0, 0.05) is 26.3 Å². The summed E-state index contributed by atoms with van der Waals surface area (Å²) in [4.78, 5) is 34.6. The minimum Gasteiger partial charge on any atom is -0.460 e. The van der Waals surface area contributed by atoms with Crippen LogP contribution in [0, 0.1) is 5.92 Å². The Balaban J connectivity index is 1.59. The maximum absolute atomic E-state index is 11.1. The Hall–Kier alpha value is -2.50. The lowest BCUT2D eigenvalue weighted by atomic mass is 10.1. The fraction of sp³-hybridized carbons (Fsp3) is 0.588. The Kier molecular flexibility index (Phi) is 6.50. The number of carbonyl (C=O) groups is 2. The zero-order chi connectivity index (χ0) is 21.0. The summed E-state index contributed by atoms with van der Waals surface area (Å²) in [6.45, 7) is 3.50. The molecule has 0 unspecified atom stereocenters. The van der Waals surface area contributed by atoms with E-state index in [-0.39, 0.29) is 30.2 Å². The number of carbonyl (C=O) groups excluding carboxylic acids is 2. The van der Waals surface area contributed by atoms with E-state index in [1.165, 1.54) is 13.8 Å². The molecule has 29 heavy (non-hydrogen) atoms. The zero-order valence-corrected chi connectivity index (χ0v) is 16.8. The summed E-state index contributed by atoms with van der Waals surface area (Å²) in [7, 11) is 0. The van der Waals surface area contributed by atoms with Gasteiger partial charge in [0.1, 0.15) is 18.7 Å². The van der Waals surface area contributed by atoms with Crippen LogP contribution in [0.25, 0.3) is 11.2 Å². The summed E-state index contributed by atoms with van der Waals surface area (Å²) < 4.78 is 23.5. The molecule has 2 N–H and O–H groups in total. The minimum atomic E-state index is -1.30. The smallest absolute Gasteiger partial charge is 0.302 e. The third-order valence-corrected chi connectivity index (χ3v) is 4.64. The van der Waals surface area contributed by atoms with Crippen LogP contribution in [-0.2, 0) is 35.1 Å². The fourth-order valence-electron chi connectivity index (χ4n) is 2.84. The molecule has 12 heteroatoms. The van der Waals surface area contributed by atoms with Crippen molar-refractivity contribution in [3.63, 3.8) is 0 Å². The van der Waals surface area contributed by atoms with E-state index in [0.717, 1.165) is 0 Å². The third kappa shape index (κ3) is 5.31. The standard InChI is InChI=1S/C17H22ClN5O6/c1-10(24)26-7-17(8-27-11(2)25)28-5-12(6-29-17)3-4-23-9-20-13-14(18)21-16(19)22-15(13)23/h9,12H,3-8H2,1-2H3,(H2,19,21,22). The summed E-state index contributed by atoms with van der Waals surface area (Å²) in [6, 6.07) is 0. The molecule has 3 rings (SSSR count). The molecular weight excluding hydrogens is 406 g/mol. The van der Waals surface area contributed by atoms with Gasteiger partial charge in [-0.3, -0.25) is 9.59 Å². The predicted molar refractivity (Wildman–Crippen MR) is 101 cm³/mol. The average Bonchev–Trinajstić information content (AvgIpc) is 3.07. The lowest BCUT2D eigenvalue weighted by molar-refractivity contribution is -0.312. The van der Waals surface area contributed by atoms with Crippen molar-refractivity contribution in [1.82, 2.24) is 19.5 Å². The number of nitrogens with two attached hydrogens (primary N) is 1. The van der Waals surface area contributed by atoms with Crippen molar-refractivity contribution in [1.29, 1.82) is 0 Å². The van der Waals surface area contributed by atoms with Gasteiger partial charge in [-0.15, -0.1) is 0 Å². The molecule has 158 valence electrons. The van der Waals surface area contributed by atoms with E-state index in [0.29, 0.717) is 37.3 Å². The highest BCUT2D eigenvalue weighted by Gasteiger charge is 2.40.